The lowest BCUT2D eigenvalue weighted by Gasteiger charge is -2.13. The van der Waals surface area contributed by atoms with E-state index >= 15 is 0 Å². The van der Waals surface area contributed by atoms with Crippen LogP contribution in [0.3, 0.4) is 0 Å². The molecule has 0 aromatic carbocycles. The number of rotatable bonds is 3. The highest BCUT2D eigenvalue weighted by molar-refractivity contribution is 7.59. The summed E-state index contributed by atoms with van der Waals surface area (Å²) in [6.45, 7) is 3.89. The van der Waals surface area contributed by atoms with Gasteiger partial charge in [-0.05, 0) is 19.9 Å². The second-order valence-electron chi connectivity index (χ2n) is 3.72. The van der Waals surface area contributed by atoms with Gasteiger partial charge in [0.1, 0.15) is 11.9 Å². The molecule has 1 aliphatic rings. The van der Waals surface area contributed by atoms with Crippen LogP contribution in [0.25, 0.3) is 0 Å². The summed E-state index contributed by atoms with van der Waals surface area (Å²) < 4.78 is 10.9. The molecule has 0 unspecified atom stereocenters. The molecule has 4 nitrogen and oxygen atoms in total. The van der Waals surface area contributed by atoms with Crippen LogP contribution >= 0.6 is 13.5 Å². The summed E-state index contributed by atoms with van der Waals surface area (Å²) in [7, 11) is 1.61. The van der Waals surface area contributed by atoms with Crippen molar-refractivity contribution in [1.82, 2.24) is 10.3 Å². The van der Waals surface area contributed by atoms with E-state index in [1.54, 1.807) is 7.11 Å². The number of nitrogens with one attached hydrogen (secondary N) is 1. The molecule has 0 aliphatic carbocycles. The minimum Gasteiger partial charge on any atom is -0.489 e. The largest absolute Gasteiger partial charge is 0.489 e. The first kappa shape index (κ1) is 13.1. The second-order valence-corrected chi connectivity index (χ2v) is 3.72. The van der Waals surface area contributed by atoms with E-state index in [9.17, 15) is 0 Å². The summed E-state index contributed by atoms with van der Waals surface area (Å²) in [4.78, 5) is 4.21. The number of ether oxygens (including phenoxy) is 2. The third-order valence-corrected chi connectivity index (χ3v) is 2.43. The van der Waals surface area contributed by atoms with Crippen LogP contribution in [0.4, 0.5) is 0 Å². The van der Waals surface area contributed by atoms with Gasteiger partial charge in [0.05, 0.1) is 7.11 Å². The maximum atomic E-state index is 5.82. The van der Waals surface area contributed by atoms with E-state index < -0.39 is 0 Å². The van der Waals surface area contributed by atoms with Gasteiger partial charge in [-0.15, -0.1) is 0 Å². The SMILES string of the molecule is COc1cc(O[C@H]2CCNC2)cc(C)n1.S. The molecule has 2 rings (SSSR count). The zero-order valence-electron chi connectivity index (χ0n) is 9.62. The average Bonchev–Trinajstić information content (AvgIpc) is 2.69. The Morgan fingerprint density at radius 1 is 1.44 bits per heavy atom. The first-order valence-corrected chi connectivity index (χ1v) is 5.18. The molecule has 0 radical (unpaired) electrons. The van der Waals surface area contributed by atoms with Crippen molar-refractivity contribution < 1.29 is 9.47 Å². The summed E-state index contributed by atoms with van der Waals surface area (Å²) >= 11 is 0. The Hall–Kier alpha value is -0.940. The number of hydrogen-bond acceptors (Lipinski definition) is 4. The molecule has 16 heavy (non-hydrogen) atoms. The summed E-state index contributed by atoms with van der Waals surface area (Å²) in [6.07, 6.45) is 1.33. The molecule has 0 bridgehead atoms. The molecule has 1 saturated heterocycles. The fourth-order valence-electron chi connectivity index (χ4n) is 1.70. The van der Waals surface area contributed by atoms with Gasteiger partial charge in [0.2, 0.25) is 5.88 Å². The van der Waals surface area contributed by atoms with Gasteiger partial charge in [-0.3, -0.25) is 0 Å². The van der Waals surface area contributed by atoms with Crippen molar-refractivity contribution in [3.63, 3.8) is 0 Å². The highest BCUT2D eigenvalue weighted by atomic mass is 32.1. The predicted octanol–water partition coefficient (Wildman–Crippen LogP) is 1.25. The predicted molar refractivity (Wildman–Crippen MR) is 67.8 cm³/mol. The topological polar surface area (TPSA) is 43.4 Å². The molecule has 1 aromatic rings. The minimum absolute atomic E-state index is 0. The van der Waals surface area contributed by atoms with Gasteiger partial charge in [-0.1, -0.05) is 0 Å². The second kappa shape index (κ2) is 5.96. The molecule has 0 amide bonds. The molecule has 0 saturated carbocycles. The number of pyridine rings is 1. The van der Waals surface area contributed by atoms with Crippen molar-refractivity contribution in [2.24, 2.45) is 0 Å². The lowest BCUT2D eigenvalue weighted by Crippen LogP contribution is -2.19. The number of hydrogen-bond donors (Lipinski definition) is 1. The molecule has 1 aromatic heterocycles. The molecular formula is C11H18N2O2S. The van der Waals surface area contributed by atoms with Crippen LogP contribution in [-0.2, 0) is 0 Å². The Morgan fingerprint density at radius 3 is 2.88 bits per heavy atom. The van der Waals surface area contributed by atoms with E-state index in [2.05, 4.69) is 10.3 Å². The zero-order valence-corrected chi connectivity index (χ0v) is 10.6. The number of methoxy groups -OCH3 is 1. The van der Waals surface area contributed by atoms with Crippen LogP contribution in [0.1, 0.15) is 12.1 Å². The van der Waals surface area contributed by atoms with Crippen molar-refractivity contribution in [2.45, 2.75) is 19.4 Å². The van der Waals surface area contributed by atoms with E-state index in [1.807, 2.05) is 19.1 Å². The fourth-order valence-corrected chi connectivity index (χ4v) is 1.70. The number of nitrogens with zero attached hydrogens (tertiary/aromatic N) is 1. The monoisotopic (exact) mass is 242 g/mol. The molecule has 1 aliphatic heterocycles. The van der Waals surface area contributed by atoms with Gasteiger partial charge in [0.15, 0.2) is 0 Å². The standard InChI is InChI=1S/C11H16N2O2.H2S/c1-8-5-10(6-11(13-8)14-2)15-9-3-4-12-7-9;/h5-6,9,12H,3-4,7H2,1-2H3;1H2/t9-;/m0./s1. The molecule has 5 heteroatoms. The summed E-state index contributed by atoms with van der Waals surface area (Å²) in [5, 5.41) is 3.26. The highest BCUT2D eigenvalue weighted by Gasteiger charge is 2.16. The van der Waals surface area contributed by atoms with Crippen molar-refractivity contribution in [3.8, 4) is 11.6 Å². The van der Waals surface area contributed by atoms with Gasteiger partial charge in [-0.25, -0.2) is 4.98 Å². The van der Waals surface area contributed by atoms with Gasteiger partial charge in [0.25, 0.3) is 0 Å². The summed E-state index contributed by atoms with van der Waals surface area (Å²) in [5.41, 5.74) is 0.912. The van der Waals surface area contributed by atoms with Crippen molar-refractivity contribution >= 4 is 13.5 Å². The maximum Gasteiger partial charge on any atom is 0.216 e. The normalized spacial score (nSPS) is 19.0. The summed E-state index contributed by atoms with van der Waals surface area (Å²) in [5.74, 6) is 1.45. The van der Waals surface area contributed by atoms with Gasteiger partial charge in [0, 0.05) is 24.4 Å². The molecule has 90 valence electrons. The van der Waals surface area contributed by atoms with Gasteiger partial charge in [-0.2, -0.15) is 13.5 Å². The lowest BCUT2D eigenvalue weighted by atomic mass is 10.3. The van der Waals surface area contributed by atoms with E-state index in [4.69, 9.17) is 9.47 Å². The Labute approximate surface area is 103 Å². The average molecular weight is 242 g/mol. The van der Waals surface area contributed by atoms with Crippen LogP contribution in [0.15, 0.2) is 12.1 Å². The number of aryl methyl sites for hydroxylation is 1. The van der Waals surface area contributed by atoms with Crippen LogP contribution < -0.4 is 14.8 Å². The Bertz CT molecular complexity index is 341. The molecule has 0 spiro atoms. The highest BCUT2D eigenvalue weighted by Crippen LogP contribution is 2.21. The lowest BCUT2D eigenvalue weighted by molar-refractivity contribution is 0.221. The van der Waals surface area contributed by atoms with E-state index in [1.165, 1.54) is 0 Å². The minimum atomic E-state index is 0. The molecular weight excluding hydrogens is 224 g/mol. The quantitative estimate of drug-likeness (QED) is 0.866. The van der Waals surface area contributed by atoms with Gasteiger partial charge >= 0.3 is 0 Å². The first-order chi connectivity index (χ1) is 7.28. The van der Waals surface area contributed by atoms with Gasteiger partial charge < -0.3 is 14.8 Å². The molecule has 1 fully saturated rings. The molecule has 2 heterocycles. The first-order valence-electron chi connectivity index (χ1n) is 5.18. The van der Waals surface area contributed by atoms with Crippen molar-refractivity contribution in [2.75, 3.05) is 20.2 Å². The third-order valence-electron chi connectivity index (χ3n) is 2.43. The maximum absolute atomic E-state index is 5.82. The van der Waals surface area contributed by atoms with E-state index in [-0.39, 0.29) is 19.6 Å². The van der Waals surface area contributed by atoms with E-state index in [0.29, 0.717) is 5.88 Å². The Morgan fingerprint density at radius 2 is 2.25 bits per heavy atom. The fraction of sp³-hybridized carbons (Fsp3) is 0.545. The zero-order chi connectivity index (χ0) is 10.7. The van der Waals surface area contributed by atoms with Crippen LogP contribution in [0.5, 0.6) is 11.6 Å². The number of aromatic nitrogens is 1. The smallest absolute Gasteiger partial charge is 0.216 e. The Kier molecular flexibility index (Phi) is 4.89. The van der Waals surface area contributed by atoms with E-state index in [0.717, 1.165) is 31.0 Å². The summed E-state index contributed by atoms with van der Waals surface area (Å²) in [6, 6.07) is 3.76. The van der Waals surface area contributed by atoms with Crippen molar-refractivity contribution in [3.05, 3.63) is 17.8 Å². The molecule has 1 N–H and O–H groups in total. The Balaban J connectivity index is 0.00000128. The van der Waals surface area contributed by atoms with Crippen LogP contribution in [0.2, 0.25) is 0 Å². The third kappa shape index (κ3) is 3.28. The van der Waals surface area contributed by atoms with Crippen LogP contribution in [-0.4, -0.2) is 31.3 Å². The molecule has 1 atom stereocenters. The van der Waals surface area contributed by atoms with Crippen molar-refractivity contribution in [1.29, 1.82) is 0 Å². The van der Waals surface area contributed by atoms with Crippen LogP contribution in [0, 0.1) is 6.92 Å².